The van der Waals surface area contributed by atoms with Gasteiger partial charge in [0.2, 0.25) is 0 Å². The molecule has 72 valence electrons. The third-order valence-electron chi connectivity index (χ3n) is 3.20. The van der Waals surface area contributed by atoms with Crippen LogP contribution in [0.3, 0.4) is 0 Å². The van der Waals surface area contributed by atoms with Crippen LogP contribution in [0.5, 0.6) is 0 Å². The number of allylic oxidation sites excluding steroid dienone is 1. The molecular weight excluding hydrogens is 158 g/mol. The lowest BCUT2D eigenvalue weighted by Crippen LogP contribution is -2.39. The van der Waals surface area contributed by atoms with Crippen LogP contribution in [0.15, 0.2) is 24.3 Å². The fourth-order valence-corrected chi connectivity index (χ4v) is 2.27. The Balaban J connectivity index is 1.89. The van der Waals surface area contributed by atoms with Gasteiger partial charge in [0.25, 0.3) is 0 Å². The largest absolute Gasteiger partial charge is 0.296 e. The highest BCUT2D eigenvalue weighted by molar-refractivity contribution is 5.04. The predicted molar refractivity (Wildman–Crippen MR) is 56.7 cm³/mol. The van der Waals surface area contributed by atoms with E-state index >= 15 is 0 Å². The highest BCUT2D eigenvalue weighted by Crippen LogP contribution is 2.22. The fraction of sp³-hybridized carbons (Fsp3) is 0.667. The maximum Gasteiger partial charge on any atom is 0.0278 e. The second-order valence-electron chi connectivity index (χ2n) is 4.21. The number of hydrogen-bond donors (Lipinski definition) is 0. The maximum atomic E-state index is 4.05. The lowest BCUT2D eigenvalue weighted by molar-refractivity contribution is 0.200. The first-order valence-electron chi connectivity index (χ1n) is 5.43. The molecule has 0 aromatic rings. The predicted octanol–water partition coefficient (Wildman–Crippen LogP) is 2.75. The molecular formula is C12H19N. The van der Waals surface area contributed by atoms with Crippen molar-refractivity contribution in [3.05, 3.63) is 24.3 Å². The molecule has 13 heavy (non-hydrogen) atoms. The zero-order valence-electron chi connectivity index (χ0n) is 8.34. The Morgan fingerprint density at radius 2 is 2.08 bits per heavy atom. The molecule has 1 atom stereocenters. The van der Waals surface area contributed by atoms with E-state index in [1.165, 1.54) is 50.8 Å². The normalized spacial score (nSPS) is 30.8. The van der Waals surface area contributed by atoms with Crippen molar-refractivity contribution in [3.8, 4) is 0 Å². The Labute approximate surface area is 81.1 Å². The van der Waals surface area contributed by atoms with Gasteiger partial charge in [-0.2, -0.15) is 0 Å². The van der Waals surface area contributed by atoms with Crippen molar-refractivity contribution >= 4 is 0 Å². The molecule has 2 aliphatic rings. The van der Waals surface area contributed by atoms with Crippen molar-refractivity contribution in [1.29, 1.82) is 0 Å². The SMILES string of the molecule is C=C1CCN(C2C=CCCC2)CC1. The van der Waals surface area contributed by atoms with Gasteiger partial charge in [-0.15, -0.1) is 0 Å². The van der Waals surface area contributed by atoms with Crippen molar-refractivity contribution in [1.82, 2.24) is 4.90 Å². The second kappa shape index (κ2) is 4.10. The molecule has 1 nitrogen and oxygen atoms in total. The summed E-state index contributed by atoms with van der Waals surface area (Å²) in [7, 11) is 0. The molecule has 1 fully saturated rings. The Morgan fingerprint density at radius 3 is 2.69 bits per heavy atom. The van der Waals surface area contributed by atoms with E-state index in [0.717, 1.165) is 6.04 Å². The van der Waals surface area contributed by atoms with Gasteiger partial charge in [0.1, 0.15) is 0 Å². The summed E-state index contributed by atoms with van der Waals surface area (Å²) >= 11 is 0. The summed E-state index contributed by atoms with van der Waals surface area (Å²) in [5.41, 5.74) is 1.44. The van der Waals surface area contributed by atoms with Gasteiger partial charge in [-0.3, -0.25) is 4.90 Å². The van der Waals surface area contributed by atoms with Gasteiger partial charge in [-0.05, 0) is 32.1 Å². The van der Waals surface area contributed by atoms with E-state index < -0.39 is 0 Å². The Hall–Kier alpha value is -0.560. The van der Waals surface area contributed by atoms with Crippen molar-refractivity contribution in [3.63, 3.8) is 0 Å². The van der Waals surface area contributed by atoms with Crippen LogP contribution >= 0.6 is 0 Å². The minimum Gasteiger partial charge on any atom is -0.296 e. The minimum atomic E-state index is 0.738. The molecule has 0 N–H and O–H groups in total. The molecule has 1 saturated heterocycles. The summed E-state index contributed by atoms with van der Waals surface area (Å²) in [5.74, 6) is 0. The quantitative estimate of drug-likeness (QED) is 0.557. The number of rotatable bonds is 1. The molecule has 0 bridgehead atoms. The van der Waals surface area contributed by atoms with Crippen LogP contribution in [0.1, 0.15) is 32.1 Å². The standard InChI is InChI=1S/C12H19N/c1-11-7-9-13(10-8-11)12-5-3-2-4-6-12/h3,5,12H,1-2,4,6-10H2. The Bertz CT molecular complexity index is 207. The van der Waals surface area contributed by atoms with Crippen molar-refractivity contribution < 1.29 is 0 Å². The molecule has 1 unspecified atom stereocenters. The van der Waals surface area contributed by atoms with Crippen molar-refractivity contribution in [2.45, 2.75) is 38.1 Å². The third kappa shape index (κ3) is 2.22. The lowest BCUT2D eigenvalue weighted by atomic mass is 9.98. The molecule has 0 radical (unpaired) electrons. The summed E-state index contributed by atoms with van der Waals surface area (Å²) in [5, 5.41) is 0. The monoisotopic (exact) mass is 177 g/mol. The number of hydrogen-bond acceptors (Lipinski definition) is 1. The van der Waals surface area contributed by atoms with Gasteiger partial charge in [0.05, 0.1) is 0 Å². The fourth-order valence-electron chi connectivity index (χ4n) is 2.27. The van der Waals surface area contributed by atoms with Crippen LogP contribution in [-0.4, -0.2) is 24.0 Å². The topological polar surface area (TPSA) is 3.24 Å². The molecule has 1 heterocycles. The smallest absolute Gasteiger partial charge is 0.0278 e. The molecule has 0 saturated carbocycles. The highest BCUT2D eigenvalue weighted by Gasteiger charge is 2.20. The van der Waals surface area contributed by atoms with Crippen LogP contribution in [0.4, 0.5) is 0 Å². The summed E-state index contributed by atoms with van der Waals surface area (Å²) in [6.45, 7) is 6.51. The van der Waals surface area contributed by atoms with Gasteiger partial charge in [-0.1, -0.05) is 24.3 Å². The third-order valence-corrected chi connectivity index (χ3v) is 3.20. The highest BCUT2D eigenvalue weighted by atomic mass is 15.2. The van der Waals surface area contributed by atoms with Crippen LogP contribution in [0, 0.1) is 0 Å². The van der Waals surface area contributed by atoms with Gasteiger partial charge in [0, 0.05) is 19.1 Å². The molecule has 1 heteroatoms. The van der Waals surface area contributed by atoms with E-state index in [9.17, 15) is 0 Å². The first kappa shape index (κ1) is 9.01. The van der Waals surface area contributed by atoms with E-state index in [2.05, 4.69) is 23.6 Å². The Morgan fingerprint density at radius 1 is 1.31 bits per heavy atom. The molecule has 1 aliphatic heterocycles. The van der Waals surface area contributed by atoms with Crippen LogP contribution in [-0.2, 0) is 0 Å². The van der Waals surface area contributed by atoms with Crippen LogP contribution in [0.2, 0.25) is 0 Å². The average Bonchev–Trinajstić information content (AvgIpc) is 2.20. The summed E-state index contributed by atoms with van der Waals surface area (Å²) < 4.78 is 0. The van der Waals surface area contributed by atoms with E-state index in [-0.39, 0.29) is 0 Å². The molecule has 0 aromatic carbocycles. The van der Waals surface area contributed by atoms with Crippen LogP contribution < -0.4 is 0 Å². The molecule has 0 aromatic heterocycles. The number of nitrogens with zero attached hydrogens (tertiary/aromatic N) is 1. The van der Waals surface area contributed by atoms with Gasteiger partial charge < -0.3 is 0 Å². The molecule has 2 rings (SSSR count). The van der Waals surface area contributed by atoms with E-state index in [1.54, 1.807) is 0 Å². The minimum absolute atomic E-state index is 0.738. The van der Waals surface area contributed by atoms with Gasteiger partial charge >= 0.3 is 0 Å². The van der Waals surface area contributed by atoms with Gasteiger partial charge in [0.15, 0.2) is 0 Å². The zero-order valence-corrected chi connectivity index (χ0v) is 8.34. The average molecular weight is 177 g/mol. The van der Waals surface area contributed by atoms with Crippen molar-refractivity contribution in [2.24, 2.45) is 0 Å². The molecule has 0 amide bonds. The first-order valence-corrected chi connectivity index (χ1v) is 5.43. The summed E-state index contributed by atoms with van der Waals surface area (Å²) in [6.07, 6.45) is 11.2. The van der Waals surface area contributed by atoms with Crippen LogP contribution in [0.25, 0.3) is 0 Å². The first-order chi connectivity index (χ1) is 6.36. The number of piperidine rings is 1. The van der Waals surface area contributed by atoms with E-state index in [4.69, 9.17) is 0 Å². The molecule has 0 spiro atoms. The summed E-state index contributed by atoms with van der Waals surface area (Å²) in [6, 6.07) is 0.738. The maximum absolute atomic E-state index is 4.05. The zero-order chi connectivity index (χ0) is 9.10. The Kier molecular flexibility index (Phi) is 2.84. The van der Waals surface area contributed by atoms with Crippen molar-refractivity contribution in [2.75, 3.05) is 13.1 Å². The van der Waals surface area contributed by atoms with E-state index in [1.807, 2.05) is 0 Å². The van der Waals surface area contributed by atoms with E-state index in [0.29, 0.717) is 0 Å². The molecule has 1 aliphatic carbocycles. The number of likely N-dealkylation sites (tertiary alicyclic amines) is 1. The van der Waals surface area contributed by atoms with Gasteiger partial charge in [-0.25, -0.2) is 0 Å². The summed E-state index contributed by atoms with van der Waals surface area (Å²) in [4.78, 5) is 2.62. The lowest BCUT2D eigenvalue weighted by Gasteiger charge is -2.35. The second-order valence-corrected chi connectivity index (χ2v) is 4.21.